The van der Waals surface area contributed by atoms with Gasteiger partial charge < -0.3 is 10.3 Å². The average molecular weight is 443 g/mol. The van der Waals surface area contributed by atoms with E-state index < -0.39 is 0 Å². The summed E-state index contributed by atoms with van der Waals surface area (Å²) in [6.07, 6.45) is 3.37. The number of nitrogens with two attached hydrogens (primary N) is 1. The molecule has 0 fully saturated rings. The number of nitrogen functional groups attached to an aromatic ring is 1. The van der Waals surface area contributed by atoms with Gasteiger partial charge in [-0.3, -0.25) is 4.98 Å². The Labute approximate surface area is 136 Å². The molecular formula is C13H8BrIN4O. The predicted molar refractivity (Wildman–Crippen MR) is 87.8 cm³/mol. The van der Waals surface area contributed by atoms with E-state index in [1.54, 1.807) is 12.4 Å². The summed E-state index contributed by atoms with van der Waals surface area (Å²) in [7, 11) is 0. The first-order valence-corrected chi connectivity index (χ1v) is 7.51. The number of halogens is 2. The van der Waals surface area contributed by atoms with Gasteiger partial charge in [-0.25, -0.2) is 0 Å². The highest BCUT2D eigenvalue weighted by molar-refractivity contribution is 14.1. The van der Waals surface area contributed by atoms with Gasteiger partial charge in [0.15, 0.2) is 0 Å². The molecule has 0 saturated carbocycles. The van der Waals surface area contributed by atoms with Gasteiger partial charge in [-0.15, -0.1) is 0 Å². The zero-order valence-corrected chi connectivity index (χ0v) is 13.8. The molecular weight excluding hydrogens is 435 g/mol. The average Bonchev–Trinajstić information content (AvgIpc) is 2.91. The molecule has 3 aromatic rings. The first kappa shape index (κ1) is 13.5. The van der Waals surface area contributed by atoms with Crippen molar-refractivity contribution in [2.45, 2.75) is 0 Å². The molecule has 0 aliphatic carbocycles. The molecule has 2 heterocycles. The number of nitrogens with zero attached hydrogens (tertiary/aromatic N) is 3. The molecule has 0 radical (unpaired) electrons. The van der Waals surface area contributed by atoms with Crippen LogP contribution in [0.2, 0.25) is 0 Å². The summed E-state index contributed by atoms with van der Waals surface area (Å²) in [5, 5.41) is 3.97. The molecule has 7 heteroatoms. The van der Waals surface area contributed by atoms with Crippen molar-refractivity contribution in [3.05, 3.63) is 44.7 Å². The van der Waals surface area contributed by atoms with Crippen LogP contribution in [0.5, 0.6) is 0 Å². The Bertz CT molecular complexity index is 775. The van der Waals surface area contributed by atoms with Gasteiger partial charge in [0.05, 0.1) is 5.56 Å². The summed E-state index contributed by atoms with van der Waals surface area (Å²) in [6, 6.07) is 7.53. The maximum absolute atomic E-state index is 5.94. The van der Waals surface area contributed by atoms with Crippen LogP contribution in [0.15, 0.2) is 45.7 Å². The Kier molecular flexibility index (Phi) is 3.70. The van der Waals surface area contributed by atoms with Gasteiger partial charge in [-0.05, 0) is 62.8 Å². The Morgan fingerprint density at radius 2 is 2.05 bits per heavy atom. The van der Waals surface area contributed by atoms with E-state index >= 15 is 0 Å². The van der Waals surface area contributed by atoms with Crippen molar-refractivity contribution in [1.82, 2.24) is 15.1 Å². The second kappa shape index (κ2) is 5.49. The monoisotopic (exact) mass is 442 g/mol. The fourth-order valence-electron chi connectivity index (χ4n) is 1.70. The summed E-state index contributed by atoms with van der Waals surface area (Å²) in [5.41, 5.74) is 8.06. The van der Waals surface area contributed by atoms with Crippen molar-refractivity contribution < 1.29 is 4.52 Å². The number of benzene rings is 1. The molecule has 0 aliphatic rings. The maximum Gasteiger partial charge on any atom is 0.260 e. The Balaban J connectivity index is 2.04. The third-order valence-corrected chi connectivity index (χ3v) is 3.74. The zero-order chi connectivity index (χ0) is 14.1. The van der Waals surface area contributed by atoms with Gasteiger partial charge >= 0.3 is 0 Å². The van der Waals surface area contributed by atoms with Gasteiger partial charge in [-0.2, -0.15) is 4.98 Å². The van der Waals surface area contributed by atoms with Crippen LogP contribution in [0.4, 0.5) is 5.69 Å². The summed E-state index contributed by atoms with van der Waals surface area (Å²) in [4.78, 5) is 8.45. The van der Waals surface area contributed by atoms with E-state index in [-0.39, 0.29) is 0 Å². The summed E-state index contributed by atoms with van der Waals surface area (Å²) in [5.74, 6) is 0.878. The fourth-order valence-corrected chi connectivity index (χ4v) is 2.55. The van der Waals surface area contributed by atoms with Gasteiger partial charge in [0.2, 0.25) is 5.82 Å². The van der Waals surface area contributed by atoms with Crippen LogP contribution in [0.1, 0.15) is 0 Å². The smallest absolute Gasteiger partial charge is 0.260 e. The second-order valence-corrected chi connectivity index (χ2v) is 6.21. The third-order valence-electron chi connectivity index (χ3n) is 2.63. The van der Waals surface area contributed by atoms with Crippen molar-refractivity contribution in [2.75, 3.05) is 5.73 Å². The van der Waals surface area contributed by atoms with E-state index in [0.29, 0.717) is 17.4 Å². The van der Waals surface area contributed by atoms with Gasteiger partial charge in [-0.1, -0.05) is 5.16 Å². The van der Waals surface area contributed by atoms with Crippen LogP contribution in [0, 0.1) is 3.57 Å². The third kappa shape index (κ3) is 2.68. The van der Waals surface area contributed by atoms with Crippen LogP contribution < -0.4 is 5.73 Å². The van der Waals surface area contributed by atoms with Crippen molar-refractivity contribution in [1.29, 1.82) is 0 Å². The van der Waals surface area contributed by atoms with E-state index in [9.17, 15) is 0 Å². The van der Waals surface area contributed by atoms with E-state index in [1.165, 1.54) is 0 Å². The predicted octanol–water partition coefficient (Wildman–Crippen LogP) is 3.75. The molecule has 5 nitrogen and oxygen atoms in total. The SMILES string of the molecule is Nc1ccc(I)cc1-c1nc(-c2cncc(Br)c2)no1. The Morgan fingerprint density at radius 3 is 2.85 bits per heavy atom. The van der Waals surface area contributed by atoms with Gasteiger partial charge in [0.1, 0.15) is 0 Å². The largest absolute Gasteiger partial charge is 0.398 e. The van der Waals surface area contributed by atoms with E-state index in [2.05, 4.69) is 53.6 Å². The maximum atomic E-state index is 5.94. The minimum absolute atomic E-state index is 0.399. The van der Waals surface area contributed by atoms with Gasteiger partial charge in [0.25, 0.3) is 5.89 Å². The number of anilines is 1. The number of aromatic nitrogens is 3. The number of rotatable bonds is 2. The Morgan fingerprint density at radius 1 is 1.20 bits per heavy atom. The minimum Gasteiger partial charge on any atom is -0.398 e. The highest BCUT2D eigenvalue weighted by atomic mass is 127. The molecule has 0 bridgehead atoms. The molecule has 100 valence electrons. The minimum atomic E-state index is 0.399. The lowest BCUT2D eigenvalue weighted by molar-refractivity contribution is 0.432. The number of hydrogen-bond acceptors (Lipinski definition) is 5. The molecule has 0 atom stereocenters. The van der Waals surface area contributed by atoms with Crippen molar-refractivity contribution in [3.63, 3.8) is 0 Å². The molecule has 0 saturated heterocycles. The summed E-state index contributed by atoms with van der Waals surface area (Å²) >= 11 is 5.57. The molecule has 2 aromatic heterocycles. The molecule has 2 N–H and O–H groups in total. The van der Waals surface area contributed by atoms with Gasteiger partial charge in [0, 0.05) is 31.7 Å². The first-order valence-electron chi connectivity index (χ1n) is 5.63. The lowest BCUT2D eigenvalue weighted by atomic mass is 10.2. The van der Waals surface area contributed by atoms with Crippen LogP contribution in [0.3, 0.4) is 0 Å². The van der Waals surface area contributed by atoms with Crippen LogP contribution in [0.25, 0.3) is 22.8 Å². The molecule has 0 aliphatic heterocycles. The van der Waals surface area contributed by atoms with Crippen molar-refractivity contribution >= 4 is 44.2 Å². The normalized spacial score (nSPS) is 10.7. The molecule has 0 spiro atoms. The van der Waals surface area contributed by atoms with E-state index in [0.717, 1.165) is 19.2 Å². The number of hydrogen-bond donors (Lipinski definition) is 1. The van der Waals surface area contributed by atoms with Crippen molar-refractivity contribution in [2.24, 2.45) is 0 Å². The Hall–Kier alpha value is -1.48. The second-order valence-electron chi connectivity index (χ2n) is 4.05. The molecule has 0 unspecified atom stereocenters. The highest BCUT2D eigenvalue weighted by Crippen LogP contribution is 2.28. The zero-order valence-electron chi connectivity index (χ0n) is 10.0. The molecule has 20 heavy (non-hydrogen) atoms. The summed E-state index contributed by atoms with van der Waals surface area (Å²) < 4.78 is 7.20. The number of pyridine rings is 1. The molecule has 0 amide bonds. The standard InChI is InChI=1S/C13H8BrIN4O/c14-8-3-7(5-17-6-8)12-18-13(20-19-12)10-4-9(15)1-2-11(10)16/h1-6H,16H2. The first-order chi connectivity index (χ1) is 9.63. The van der Waals surface area contributed by atoms with Crippen molar-refractivity contribution in [3.8, 4) is 22.8 Å². The lowest BCUT2D eigenvalue weighted by Gasteiger charge is -2.00. The van der Waals surface area contributed by atoms with E-state index in [1.807, 2.05) is 24.3 Å². The fraction of sp³-hybridized carbons (Fsp3) is 0. The topological polar surface area (TPSA) is 77.8 Å². The quantitative estimate of drug-likeness (QED) is 0.483. The molecule has 1 aromatic carbocycles. The highest BCUT2D eigenvalue weighted by Gasteiger charge is 2.13. The summed E-state index contributed by atoms with van der Waals surface area (Å²) in [6.45, 7) is 0. The molecule has 3 rings (SSSR count). The van der Waals surface area contributed by atoms with E-state index in [4.69, 9.17) is 10.3 Å². The van der Waals surface area contributed by atoms with Crippen LogP contribution in [-0.2, 0) is 0 Å². The van der Waals surface area contributed by atoms with Crippen LogP contribution in [-0.4, -0.2) is 15.1 Å². The van der Waals surface area contributed by atoms with Crippen LogP contribution >= 0.6 is 38.5 Å². The lowest BCUT2D eigenvalue weighted by Crippen LogP contribution is -1.91.